The number of guanidine groups is 1. The molecule has 0 bridgehead atoms. The molecule has 17 nitrogen and oxygen atoms in total. The SMILES string of the molecule is CC(C)(C)OC(=O)N=C(CCC[C@H]1Cc2ccccc2[C@@H]1NC(=O)C(=O)Cc1ccc(Cl)c(F)c1)NC(=O)OC(C)(C)C.NC(N)=[NH+]CC[C@H]1Cc2ccccc2[C@@H]1NC(=O)C(=O)Cc1ccc(Cl)c(F)c1.O=C[O-]. The highest BCUT2D eigenvalue weighted by Gasteiger charge is 2.36. The number of amides is 4. The molecule has 2 aliphatic rings. The second-order valence-electron chi connectivity index (χ2n) is 19.8. The number of nitrogens with one attached hydrogen (secondary N) is 4. The number of halogens is 4. The van der Waals surface area contributed by atoms with E-state index in [1.165, 1.54) is 30.3 Å². The highest BCUT2D eigenvalue weighted by atomic mass is 35.5. The Morgan fingerprint density at radius 1 is 0.720 bits per heavy atom. The van der Waals surface area contributed by atoms with Gasteiger partial charge >= 0.3 is 18.1 Å². The Kier molecular flexibility index (Phi) is 22.4. The minimum atomic E-state index is -0.837. The van der Waals surface area contributed by atoms with Crippen molar-refractivity contribution in [3.8, 4) is 0 Å². The van der Waals surface area contributed by atoms with E-state index in [1.54, 1.807) is 41.5 Å². The Morgan fingerprint density at radius 3 is 1.59 bits per heavy atom. The van der Waals surface area contributed by atoms with Crippen molar-refractivity contribution < 1.29 is 61.9 Å². The number of fused-ring (bicyclic) bond motifs is 2. The van der Waals surface area contributed by atoms with Crippen molar-refractivity contribution in [2.45, 2.75) is 116 Å². The molecule has 75 heavy (non-hydrogen) atoms. The summed E-state index contributed by atoms with van der Waals surface area (Å²) in [5.41, 5.74) is 14.2. The number of hydrogen-bond acceptors (Lipinski definition) is 10. The van der Waals surface area contributed by atoms with Gasteiger partial charge in [0.25, 0.3) is 11.8 Å². The van der Waals surface area contributed by atoms with Gasteiger partial charge in [0, 0.05) is 25.7 Å². The van der Waals surface area contributed by atoms with Gasteiger partial charge in [-0.05, 0) is 143 Å². The zero-order valence-corrected chi connectivity index (χ0v) is 44.0. The van der Waals surface area contributed by atoms with Crippen LogP contribution in [0, 0.1) is 23.5 Å². The summed E-state index contributed by atoms with van der Waals surface area (Å²) in [4.78, 5) is 90.6. The number of hydrogen-bond donors (Lipinski definition) is 6. The lowest BCUT2D eigenvalue weighted by molar-refractivity contribution is -0.461. The fourth-order valence-electron chi connectivity index (χ4n) is 8.45. The van der Waals surface area contributed by atoms with Gasteiger partial charge in [-0.3, -0.25) is 41.0 Å². The lowest BCUT2D eigenvalue weighted by atomic mass is 9.94. The first-order valence-electron chi connectivity index (χ1n) is 24.0. The zero-order valence-electron chi connectivity index (χ0n) is 42.5. The van der Waals surface area contributed by atoms with Crippen LogP contribution in [0.5, 0.6) is 0 Å². The number of ether oxygens (including phenoxy) is 2. The minimum Gasteiger partial charge on any atom is -0.554 e. The Bertz CT molecular complexity index is 2780. The van der Waals surface area contributed by atoms with Crippen molar-refractivity contribution >= 4 is 77.0 Å². The fraction of sp³-hybridized carbons (Fsp3) is 0.389. The van der Waals surface area contributed by atoms with Crippen LogP contribution in [0.1, 0.15) is 113 Å². The van der Waals surface area contributed by atoms with Crippen LogP contribution < -0.4 is 37.5 Å². The van der Waals surface area contributed by atoms with Crippen LogP contribution in [-0.2, 0) is 59.1 Å². The number of ketones is 2. The maximum Gasteiger partial charge on any atom is 0.435 e. The van der Waals surface area contributed by atoms with Gasteiger partial charge in [-0.25, -0.2) is 18.4 Å². The summed E-state index contributed by atoms with van der Waals surface area (Å²) >= 11 is 11.4. The molecule has 0 aromatic heterocycles. The van der Waals surface area contributed by atoms with Crippen LogP contribution >= 0.6 is 23.2 Å². The van der Waals surface area contributed by atoms with Crippen molar-refractivity contribution in [2.75, 3.05) is 6.54 Å². The molecule has 0 heterocycles. The van der Waals surface area contributed by atoms with Crippen LogP contribution in [0.3, 0.4) is 0 Å². The van der Waals surface area contributed by atoms with E-state index < -0.39 is 70.9 Å². The fourth-order valence-corrected chi connectivity index (χ4v) is 8.69. The van der Waals surface area contributed by atoms with Crippen LogP contribution in [0.15, 0.2) is 89.9 Å². The molecule has 0 unspecified atom stereocenters. The van der Waals surface area contributed by atoms with E-state index >= 15 is 0 Å². The number of carboxylic acid groups (broad SMARTS) is 1. The molecule has 8 N–H and O–H groups in total. The van der Waals surface area contributed by atoms with Crippen LogP contribution in [0.2, 0.25) is 10.0 Å². The molecule has 0 fully saturated rings. The number of nitrogens with zero attached hydrogens (tertiary/aromatic N) is 1. The predicted octanol–water partition coefficient (Wildman–Crippen LogP) is 5.38. The molecule has 4 aromatic rings. The highest BCUT2D eigenvalue weighted by Crippen LogP contribution is 2.39. The van der Waals surface area contributed by atoms with E-state index in [-0.39, 0.29) is 59.0 Å². The first-order valence-corrected chi connectivity index (χ1v) is 24.7. The standard InChI is InChI=1S/C32H39ClFN3O6.C21H22ClFN4O2.CH2O2/c1-31(2,3)42-29(40)35-26(36-30(41)43-32(4,5)6)13-9-11-21-18-20-10-7-8-12-22(20)27(21)37-28(39)25(38)17-19-14-15-23(33)24(34)16-19;22-16-6-5-12(9-17(16)23)10-18(28)20(29)27-19-14(7-8-26-21(24)25)11-13-3-1-2-4-15(13)19;2-1-3/h7-8,10,12,14-16,21,27H,9,11,13,17-18H2,1-6H3,(H,37,39)(H,35,36,40,41);1-6,9,14,19H,7-8,10-11H2,(H,27,29)(H4,24,25,26);1H,(H,2,3)/t21-,27+;14-,19+;/m00./s1. The van der Waals surface area contributed by atoms with E-state index in [4.69, 9.17) is 54.0 Å². The normalized spacial score (nSPS) is 16.5. The average Bonchev–Trinajstić information content (AvgIpc) is 3.84. The molecule has 0 aliphatic heterocycles. The molecule has 402 valence electrons. The van der Waals surface area contributed by atoms with Crippen LogP contribution in [0.4, 0.5) is 18.4 Å². The quantitative estimate of drug-likeness (QED) is 0.0379. The number of Topliss-reactive ketones (excluding diaryl/α,β-unsaturated/α-hetero) is 2. The Labute approximate surface area is 444 Å². The third-order valence-electron chi connectivity index (χ3n) is 11.6. The zero-order chi connectivity index (χ0) is 55.6. The second-order valence-corrected chi connectivity index (χ2v) is 20.6. The first kappa shape index (κ1) is 60.3. The van der Waals surface area contributed by atoms with Crippen molar-refractivity contribution in [3.05, 3.63) is 140 Å². The van der Waals surface area contributed by atoms with Gasteiger partial charge < -0.3 is 30.0 Å². The lowest BCUT2D eigenvalue weighted by Crippen LogP contribution is -2.78. The van der Waals surface area contributed by atoms with Gasteiger partial charge in [0.15, 0.2) is 0 Å². The van der Waals surface area contributed by atoms with Crippen molar-refractivity contribution in [1.29, 1.82) is 0 Å². The number of alkyl carbamates (subject to hydrolysis) is 1. The summed E-state index contributed by atoms with van der Waals surface area (Å²) in [6.07, 6.45) is 1.43. The first-order chi connectivity index (χ1) is 35.3. The summed E-state index contributed by atoms with van der Waals surface area (Å²) in [6, 6.07) is 22.8. The van der Waals surface area contributed by atoms with Crippen LogP contribution in [-0.4, -0.2) is 71.6 Å². The summed E-state index contributed by atoms with van der Waals surface area (Å²) in [6.45, 7) is 10.4. The third kappa shape index (κ3) is 19.8. The number of carbonyl (C=O) groups excluding carboxylic acids is 7. The van der Waals surface area contributed by atoms with Gasteiger partial charge in [0.2, 0.25) is 11.6 Å². The molecule has 6 rings (SSSR count). The van der Waals surface area contributed by atoms with Gasteiger partial charge in [-0.15, -0.1) is 0 Å². The van der Waals surface area contributed by atoms with Crippen molar-refractivity contribution in [1.82, 2.24) is 16.0 Å². The number of nitrogens with two attached hydrogens (primary N) is 2. The van der Waals surface area contributed by atoms with Gasteiger partial charge in [0.1, 0.15) is 28.7 Å². The Morgan fingerprint density at radius 2 is 1.16 bits per heavy atom. The highest BCUT2D eigenvalue weighted by molar-refractivity contribution is 6.37. The molecule has 4 amide bonds. The maximum absolute atomic E-state index is 13.8. The number of rotatable bonds is 15. The van der Waals surface area contributed by atoms with E-state index in [0.717, 1.165) is 34.7 Å². The summed E-state index contributed by atoms with van der Waals surface area (Å²) in [5.74, 6) is -3.78. The molecule has 0 spiro atoms. The van der Waals surface area contributed by atoms with Crippen molar-refractivity contribution in [2.24, 2.45) is 28.3 Å². The average molecular weight is 1080 g/mol. The molecular weight excluding hydrogens is 1020 g/mol. The lowest BCUT2D eigenvalue weighted by Gasteiger charge is -2.23. The number of amidine groups is 1. The number of benzene rings is 4. The monoisotopic (exact) mass is 1080 g/mol. The van der Waals surface area contributed by atoms with Crippen LogP contribution in [0.25, 0.3) is 0 Å². The number of carbonyl (C=O) groups is 7. The summed E-state index contributed by atoms with van der Waals surface area (Å²) < 4.78 is 38.0. The van der Waals surface area contributed by atoms with Gasteiger partial charge in [-0.2, -0.15) is 4.99 Å². The van der Waals surface area contributed by atoms with E-state index in [2.05, 4.69) is 25.9 Å². The van der Waals surface area contributed by atoms with E-state index in [0.29, 0.717) is 43.4 Å². The summed E-state index contributed by atoms with van der Waals surface area (Å²) in [7, 11) is 0. The Balaban J connectivity index is 0.000000329. The van der Waals surface area contributed by atoms with Gasteiger partial charge in [0.05, 0.1) is 28.7 Å². The Hall–Kier alpha value is -7.25. The second kappa shape index (κ2) is 27.9. The van der Waals surface area contributed by atoms with Crippen molar-refractivity contribution in [3.63, 3.8) is 0 Å². The smallest absolute Gasteiger partial charge is 0.435 e. The summed E-state index contributed by atoms with van der Waals surface area (Å²) in [5, 5.41) is 16.5. The molecule has 21 heteroatoms. The van der Waals surface area contributed by atoms with E-state index in [9.17, 15) is 37.5 Å². The maximum atomic E-state index is 13.8. The van der Waals surface area contributed by atoms with Gasteiger partial charge in [-0.1, -0.05) is 83.9 Å². The largest absolute Gasteiger partial charge is 0.554 e. The molecular formula is C54H63Cl2F2N7O10. The number of aliphatic imine (C=N–C) groups is 1. The predicted molar refractivity (Wildman–Crippen MR) is 276 cm³/mol. The molecule has 4 aromatic carbocycles. The topological polar surface area (TPSA) is 275 Å². The third-order valence-corrected chi connectivity index (χ3v) is 12.2. The van der Waals surface area contributed by atoms with E-state index in [1.807, 2.05) is 48.5 Å². The molecule has 4 atom stereocenters. The minimum absolute atomic E-state index is 0.0278. The molecule has 0 saturated heterocycles. The molecule has 0 saturated carbocycles. The molecule has 0 radical (unpaired) electrons. The molecule has 2 aliphatic carbocycles.